The summed E-state index contributed by atoms with van der Waals surface area (Å²) in [5.74, 6) is -1.29. The maximum Gasteiger partial charge on any atom is 0.500 e. The molecule has 1 aliphatic rings. The van der Waals surface area contributed by atoms with Gasteiger partial charge in [-0.3, -0.25) is 9.59 Å². The van der Waals surface area contributed by atoms with E-state index in [0.29, 0.717) is 71.0 Å². The van der Waals surface area contributed by atoms with E-state index in [4.69, 9.17) is 31.3 Å². The van der Waals surface area contributed by atoms with Gasteiger partial charge in [-0.05, 0) is 73.1 Å². The molecule has 0 amide bonds. The van der Waals surface area contributed by atoms with E-state index in [0.717, 1.165) is 6.42 Å². The van der Waals surface area contributed by atoms with Crippen molar-refractivity contribution in [3.63, 3.8) is 0 Å². The Morgan fingerprint density at radius 1 is 0.676 bits per heavy atom. The zero-order chi connectivity index (χ0) is 25.5. The van der Waals surface area contributed by atoms with Gasteiger partial charge < -0.3 is 31.3 Å². The van der Waals surface area contributed by atoms with Gasteiger partial charge >= 0.3 is 29.5 Å². The second kappa shape index (κ2) is 16.9. The highest BCUT2D eigenvalue weighted by Crippen LogP contribution is 2.34. The Kier molecular flexibility index (Phi) is 15.6. The van der Waals surface area contributed by atoms with Crippen LogP contribution in [0.3, 0.4) is 0 Å². The molecular weight excluding hydrogens is 476 g/mol. The van der Waals surface area contributed by atoms with Gasteiger partial charge in [-0.1, -0.05) is 0 Å². The van der Waals surface area contributed by atoms with Gasteiger partial charge in [-0.25, -0.2) is 0 Å². The van der Waals surface area contributed by atoms with Crippen LogP contribution in [0.5, 0.6) is 0 Å². The van der Waals surface area contributed by atoms with Crippen LogP contribution < -0.4 is 0 Å². The molecule has 2 atom stereocenters. The highest BCUT2D eigenvalue weighted by atomic mass is 28.4. The molecule has 0 saturated carbocycles. The molecule has 1 heterocycles. The van der Waals surface area contributed by atoms with Crippen molar-refractivity contribution >= 4 is 29.5 Å². The first-order chi connectivity index (χ1) is 16.3. The molecular formula is C23H46O9Si2. The lowest BCUT2D eigenvalue weighted by molar-refractivity contribution is -0.171. The van der Waals surface area contributed by atoms with Gasteiger partial charge in [0.15, 0.2) is 0 Å². The summed E-state index contributed by atoms with van der Waals surface area (Å²) in [6, 6.07) is 1.28. The van der Waals surface area contributed by atoms with Crippen LogP contribution in [0, 0.1) is 11.8 Å². The summed E-state index contributed by atoms with van der Waals surface area (Å²) >= 11 is 0. The summed E-state index contributed by atoms with van der Waals surface area (Å²) in [6.07, 6.45) is 3.01. The van der Waals surface area contributed by atoms with Crippen molar-refractivity contribution in [1.82, 2.24) is 0 Å². The number of carbonyl (C=O) groups is 2. The predicted octanol–water partition coefficient (Wildman–Crippen LogP) is 4.35. The Bertz CT molecular complexity index is 557. The first-order valence-electron chi connectivity index (χ1n) is 12.9. The van der Waals surface area contributed by atoms with Gasteiger partial charge in [0.1, 0.15) is 0 Å². The molecule has 1 rings (SSSR count). The second-order valence-corrected chi connectivity index (χ2v) is 13.6. The van der Waals surface area contributed by atoms with E-state index >= 15 is 0 Å². The van der Waals surface area contributed by atoms with Crippen LogP contribution in [0.15, 0.2) is 0 Å². The molecule has 0 aliphatic carbocycles. The zero-order valence-corrected chi connectivity index (χ0v) is 24.0. The van der Waals surface area contributed by atoms with Gasteiger partial charge in [-0.2, -0.15) is 0 Å². The molecule has 0 spiro atoms. The van der Waals surface area contributed by atoms with Crippen LogP contribution in [0.2, 0.25) is 12.1 Å². The number of ether oxygens (including phenoxy) is 1. The smallest absolute Gasteiger partial charge is 0.393 e. The molecule has 0 N–H and O–H groups in total. The minimum absolute atomic E-state index is 0.0762. The average molecular weight is 523 g/mol. The van der Waals surface area contributed by atoms with Gasteiger partial charge in [0.25, 0.3) is 0 Å². The van der Waals surface area contributed by atoms with E-state index < -0.39 is 29.5 Å². The molecule has 0 aromatic rings. The summed E-state index contributed by atoms with van der Waals surface area (Å²) in [4.78, 5) is 24.6. The van der Waals surface area contributed by atoms with Crippen molar-refractivity contribution in [2.24, 2.45) is 11.8 Å². The molecule has 0 radical (unpaired) electrons. The minimum Gasteiger partial charge on any atom is -0.393 e. The first kappa shape index (κ1) is 31.4. The lowest BCUT2D eigenvalue weighted by Gasteiger charge is -2.32. The third kappa shape index (κ3) is 10.1. The first-order valence-corrected chi connectivity index (χ1v) is 16.8. The topological polar surface area (TPSA) is 98.8 Å². The van der Waals surface area contributed by atoms with Gasteiger partial charge in [0.2, 0.25) is 0 Å². The van der Waals surface area contributed by atoms with E-state index in [-0.39, 0.29) is 18.3 Å². The molecule has 1 fully saturated rings. The molecule has 34 heavy (non-hydrogen) atoms. The lowest BCUT2D eigenvalue weighted by Crippen LogP contribution is -2.46. The van der Waals surface area contributed by atoms with Gasteiger partial charge in [0, 0.05) is 58.2 Å². The summed E-state index contributed by atoms with van der Waals surface area (Å²) in [5.41, 5.74) is 0. The number of hydrogen-bond donors (Lipinski definition) is 0. The number of hydrogen-bond acceptors (Lipinski definition) is 9. The monoisotopic (exact) mass is 522 g/mol. The fraction of sp³-hybridized carbons (Fsp3) is 0.913. The second-order valence-electron chi connectivity index (χ2n) is 8.11. The molecule has 2 unspecified atom stereocenters. The van der Waals surface area contributed by atoms with Crippen molar-refractivity contribution in [2.45, 2.75) is 85.7 Å². The van der Waals surface area contributed by atoms with Gasteiger partial charge in [0.05, 0.1) is 5.92 Å². The van der Waals surface area contributed by atoms with Crippen LogP contribution in [-0.4, -0.2) is 69.2 Å². The third-order valence-electron chi connectivity index (χ3n) is 5.76. The van der Waals surface area contributed by atoms with Crippen molar-refractivity contribution in [3.05, 3.63) is 0 Å². The quantitative estimate of drug-likeness (QED) is 0.131. The predicted molar refractivity (Wildman–Crippen MR) is 132 cm³/mol. The minimum atomic E-state index is -2.78. The average Bonchev–Trinajstić information content (AvgIpc) is 2.76. The summed E-state index contributed by atoms with van der Waals surface area (Å²) in [6.45, 7) is 14.7. The van der Waals surface area contributed by atoms with Crippen LogP contribution in [0.25, 0.3) is 0 Å². The van der Waals surface area contributed by atoms with Crippen LogP contribution in [0.4, 0.5) is 0 Å². The molecule has 0 aromatic heterocycles. The van der Waals surface area contributed by atoms with Crippen LogP contribution in [-0.2, 0) is 40.9 Å². The number of cyclic esters (lactones) is 2. The fourth-order valence-corrected chi connectivity index (χ4v) is 9.84. The standard InChI is InChI=1S/C23H46O9Si2/c1-7-26-33(27-8-2,28-9-3)17-13-15-20-19-22(24)32-23(25)21(20)16-14-18-34(29-10-4,30-11-5)31-12-6/h20-21H,7-19H2,1-6H3. The maximum atomic E-state index is 12.6. The Labute approximate surface area is 207 Å². The third-order valence-corrected chi connectivity index (χ3v) is 12.1. The van der Waals surface area contributed by atoms with E-state index in [9.17, 15) is 9.59 Å². The molecule has 0 bridgehead atoms. The highest BCUT2D eigenvalue weighted by Gasteiger charge is 2.44. The molecule has 200 valence electrons. The molecule has 1 saturated heterocycles. The maximum absolute atomic E-state index is 12.6. The Morgan fingerprint density at radius 2 is 1.06 bits per heavy atom. The zero-order valence-electron chi connectivity index (χ0n) is 22.0. The normalized spacial score (nSPS) is 19.5. The molecule has 1 aliphatic heterocycles. The summed E-state index contributed by atoms with van der Waals surface area (Å²) in [7, 11) is -5.54. The number of carbonyl (C=O) groups excluding carboxylic acids is 2. The van der Waals surface area contributed by atoms with E-state index in [1.54, 1.807) is 0 Å². The van der Waals surface area contributed by atoms with Crippen molar-refractivity contribution < 1.29 is 40.9 Å². The van der Waals surface area contributed by atoms with E-state index in [2.05, 4.69) is 0 Å². The van der Waals surface area contributed by atoms with Crippen LogP contribution in [0.1, 0.15) is 73.6 Å². The largest absolute Gasteiger partial charge is 0.500 e. The Hall–Kier alpha value is -0.666. The van der Waals surface area contributed by atoms with Crippen LogP contribution >= 0.6 is 0 Å². The summed E-state index contributed by atoms with van der Waals surface area (Å²) in [5, 5.41) is 0. The van der Waals surface area contributed by atoms with Gasteiger partial charge in [-0.15, -0.1) is 0 Å². The fourth-order valence-electron chi connectivity index (χ4n) is 4.56. The SMILES string of the molecule is CCO[Si](CCCC1CC(=O)OC(=O)C1CCC[Si](OCC)(OCC)OCC)(OCC)OCC. The Balaban J connectivity index is 2.80. The number of esters is 2. The lowest BCUT2D eigenvalue weighted by atomic mass is 9.81. The summed E-state index contributed by atoms with van der Waals surface area (Å²) < 4.78 is 40.6. The molecule has 9 nitrogen and oxygen atoms in total. The van der Waals surface area contributed by atoms with E-state index in [1.165, 1.54) is 0 Å². The molecule has 11 heteroatoms. The van der Waals surface area contributed by atoms with E-state index in [1.807, 2.05) is 41.5 Å². The van der Waals surface area contributed by atoms with Crippen molar-refractivity contribution in [3.8, 4) is 0 Å². The highest BCUT2D eigenvalue weighted by molar-refractivity contribution is 6.61. The Morgan fingerprint density at radius 3 is 1.44 bits per heavy atom. The number of rotatable bonds is 20. The van der Waals surface area contributed by atoms with Crippen molar-refractivity contribution in [1.29, 1.82) is 0 Å². The molecule has 0 aromatic carbocycles. The van der Waals surface area contributed by atoms with Crippen molar-refractivity contribution in [2.75, 3.05) is 39.6 Å².